The van der Waals surface area contributed by atoms with Crippen molar-refractivity contribution in [1.29, 1.82) is 0 Å². The number of hydrogen-bond acceptors (Lipinski definition) is 2. The van der Waals surface area contributed by atoms with E-state index in [0.29, 0.717) is 0 Å². The van der Waals surface area contributed by atoms with E-state index >= 15 is 0 Å². The van der Waals surface area contributed by atoms with E-state index in [1.54, 1.807) is 0 Å². The van der Waals surface area contributed by atoms with E-state index in [0.717, 1.165) is 11.8 Å². The smallest absolute Gasteiger partial charge is 0.0970 e. The fraction of sp³-hybridized carbons (Fsp3) is 0.364. The summed E-state index contributed by atoms with van der Waals surface area (Å²) in [6.07, 6.45) is 2.95. The van der Waals surface area contributed by atoms with Gasteiger partial charge in [0.05, 0.1) is 5.54 Å². The van der Waals surface area contributed by atoms with E-state index in [1.807, 2.05) is 24.3 Å². The number of alkyl halides is 1. The van der Waals surface area contributed by atoms with Crippen LogP contribution in [0.25, 0.3) is 0 Å². The van der Waals surface area contributed by atoms with Crippen LogP contribution in [0.1, 0.15) is 12.0 Å². The van der Waals surface area contributed by atoms with Gasteiger partial charge in [-0.2, -0.15) is 5.10 Å². The lowest BCUT2D eigenvalue weighted by Crippen LogP contribution is -2.38. The highest BCUT2D eigenvalue weighted by molar-refractivity contribution is 9.09. The van der Waals surface area contributed by atoms with Crippen LogP contribution in [0.5, 0.6) is 0 Å². The molecule has 0 radical (unpaired) electrons. The molecule has 0 aromatic heterocycles. The van der Waals surface area contributed by atoms with E-state index in [1.165, 1.54) is 5.56 Å². The van der Waals surface area contributed by atoms with Crippen LogP contribution in [0.4, 0.5) is 0 Å². The van der Waals surface area contributed by atoms with Gasteiger partial charge in [-0.1, -0.05) is 46.3 Å². The van der Waals surface area contributed by atoms with Gasteiger partial charge in [0.2, 0.25) is 0 Å². The molecule has 0 spiro atoms. The normalized spacial score (nSPS) is 25.7. The first-order valence-electron chi connectivity index (χ1n) is 4.67. The van der Waals surface area contributed by atoms with Crippen molar-refractivity contribution >= 4 is 22.1 Å². The summed E-state index contributed by atoms with van der Waals surface area (Å²) in [6.45, 7) is 0. The Kier molecular flexibility index (Phi) is 2.59. The van der Waals surface area contributed by atoms with E-state index < -0.39 is 0 Å². The maximum absolute atomic E-state index is 4.32. The molecule has 1 aromatic carbocycles. The Morgan fingerprint density at radius 2 is 2.14 bits per heavy atom. The Hall–Kier alpha value is -0.830. The molecule has 1 unspecified atom stereocenters. The maximum atomic E-state index is 4.32. The monoisotopic (exact) mass is 252 g/mol. The predicted molar refractivity (Wildman–Crippen MR) is 62.8 cm³/mol. The lowest BCUT2D eigenvalue weighted by molar-refractivity contribution is 0.181. The first-order valence-corrected chi connectivity index (χ1v) is 5.79. The van der Waals surface area contributed by atoms with Crippen molar-refractivity contribution in [3.05, 3.63) is 35.9 Å². The molecule has 2 rings (SSSR count). The second-order valence-electron chi connectivity index (χ2n) is 3.56. The topological polar surface area (TPSA) is 15.6 Å². The molecule has 0 bridgehead atoms. The van der Waals surface area contributed by atoms with Crippen LogP contribution in [-0.2, 0) is 5.54 Å². The molecular formula is C11H13BrN2. The third-order valence-corrected chi connectivity index (χ3v) is 3.76. The third-order valence-electron chi connectivity index (χ3n) is 2.84. The molecule has 74 valence electrons. The van der Waals surface area contributed by atoms with Crippen molar-refractivity contribution in [2.45, 2.75) is 12.0 Å². The summed E-state index contributed by atoms with van der Waals surface area (Å²) in [4.78, 5) is 0. The summed E-state index contributed by atoms with van der Waals surface area (Å²) >= 11 is 3.59. The van der Waals surface area contributed by atoms with Crippen molar-refractivity contribution in [1.82, 2.24) is 5.01 Å². The Bertz CT molecular complexity index is 336. The summed E-state index contributed by atoms with van der Waals surface area (Å²) in [5, 5.41) is 7.26. The highest BCUT2D eigenvalue weighted by Gasteiger charge is 2.37. The van der Waals surface area contributed by atoms with Gasteiger partial charge in [-0.25, -0.2) is 0 Å². The molecule has 14 heavy (non-hydrogen) atoms. The van der Waals surface area contributed by atoms with Crippen LogP contribution in [0.3, 0.4) is 0 Å². The SMILES string of the molecule is CN1N=CCC1(CBr)c1ccccc1. The number of nitrogens with zero attached hydrogens (tertiary/aromatic N) is 2. The lowest BCUT2D eigenvalue weighted by atomic mass is 9.89. The van der Waals surface area contributed by atoms with Crippen LogP contribution in [-0.4, -0.2) is 23.6 Å². The van der Waals surface area contributed by atoms with Gasteiger partial charge in [0.1, 0.15) is 0 Å². The fourth-order valence-electron chi connectivity index (χ4n) is 1.83. The quantitative estimate of drug-likeness (QED) is 0.740. The van der Waals surface area contributed by atoms with Crippen LogP contribution in [0, 0.1) is 0 Å². The Morgan fingerprint density at radius 3 is 2.64 bits per heavy atom. The largest absolute Gasteiger partial charge is 0.289 e. The molecule has 1 aliphatic rings. The first-order chi connectivity index (χ1) is 6.79. The summed E-state index contributed by atoms with van der Waals surface area (Å²) in [7, 11) is 2.03. The molecule has 0 saturated heterocycles. The summed E-state index contributed by atoms with van der Waals surface area (Å²) in [5.74, 6) is 0. The molecule has 1 atom stereocenters. The summed E-state index contributed by atoms with van der Waals surface area (Å²) in [6, 6.07) is 10.5. The van der Waals surface area contributed by atoms with E-state index in [2.05, 4.69) is 45.3 Å². The van der Waals surface area contributed by atoms with Gasteiger partial charge in [-0.05, 0) is 5.56 Å². The number of benzene rings is 1. The molecule has 0 fully saturated rings. The third kappa shape index (κ3) is 1.36. The maximum Gasteiger partial charge on any atom is 0.0970 e. The molecule has 0 aliphatic carbocycles. The van der Waals surface area contributed by atoms with E-state index in [-0.39, 0.29) is 5.54 Å². The zero-order valence-electron chi connectivity index (χ0n) is 8.15. The molecule has 1 heterocycles. The van der Waals surface area contributed by atoms with Gasteiger partial charge < -0.3 is 0 Å². The number of hydrazone groups is 1. The Balaban J connectivity index is 2.39. The van der Waals surface area contributed by atoms with Crippen LogP contribution < -0.4 is 0 Å². The van der Waals surface area contributed by atoms with Crippen molar-refractivity contribution in [3.63, 3.8) is 0 Å². The molecule has 2 nitrogen and oxygen atoms in total. The van der Waals surface area contributed by atoms with Gasteiger partial charge in [-0.3, -0.25) is 5.01 Å². The highest BCUT2D eigenvalue weighted by atomic mass is 79.9. The highest BCUT2D eigenvalue weighted by Crippen LogP contribution is 2.35. The number of halogens is 1. The minimum atomic E-state index is 0.0151. The predicted octanol–water partition coefficient (Wildman–Crippen LogP) is 2.60. The molecule has 3 heteroatoms. The van der Waals surface area contributed by atoms with E-state index in [9.17, 15) is 0 Å². The fourth-order valence-corrected chi connectivity index (χ4v) is 2.74. The second kappa shape index (κ2) is 3.73. The summed E-state index contributed by atoms with van der Waals surface area (Å²) < 4.78 is 0. The Labute approximate surface area is 92.7 Å². The molecule has 1 aliphatic heterocycles. The minimum absolute atomic E-state index is 0.0151. The van der Waals surface area contributed by atoms with Gasteiger partial charge >= 0.3 is 0 Å². The van der Waals surface area contributed by atoms with Gasteiger partial charge in [0.15, 0.2) is 0 Å². The number of hydrogen-bond donors (Lipinski definition) is 0. The molecule has 0 saturated carbocycles. The standard InChI is InChI=1S/C11H13BrN2/c1-14-11(9-12,7-8-13-14)10-5-3-2-4-6-10/h2-6,8H,7,9H2,1H3. The van der Waals surface area contributed by atoms with Gasteiger partial charge in [0.25, 0.3) is 0 Å². The average Bonchev–Trinajstić information content (AvgIpc) is 2.62. The van der Waals surface area contributed by atoms with Gasteiger partial charge in [0, 0.05) is 25.0 Å². The first kappa shape index (κ1) is 9.71. The number of rotatable bonds is 2. The average molecular weight is 253 g/mol. The molecule has 0 amide bonds. The summed E-state index contributed by atoms with van der Waals surface area (Å²) in [5.41, 5.74) is 1.33. The lowest BCUT2D eigenvalue weighted by Gasteiger charge is -2.34. The Morgan fingerprint density at radius 1 is 1.43 bits per heavy atom. The molecular weight excluding hydrogens is 240 g/mol. The minimum Gasteiger partial charge on any atom is -0.289 e. The van der Waals surface area contributed by atoms with Crippen LogP contribution in [0.15, 0.2) is 35.4 Å². The van der Waals surface area contributed by atoms with E-state index in [4.69, 9.17) is 0 Å². The molecule has 0 N–H and O–H groups in total. The van der Waals surface area contributed by atoms with Crippen LogP contribution >= 0.6 is 15.9 Å². The zero-order valence-corrected chi connectivity index (χ0v) is 9.74. The van der Waals surface area contributed by atoms with Crippen molar-refractivity contribution in [2.75, 3.05) is 12.4 Å². The van der Waals surface area contributed by atoms with Crippen LogP contribution in [0.2, 0.25) is 0 Å². The van der Waals surface area contributed by atoms with Crippen molar-refractivity contribution in [2.24, 2.45) is 5.10 Å². The van der Waals surface area contributed by atoms with Crippen molar-refractivity contribution in [3.8, 4) is 0 Å². The van der Waals surface area contributed by atoms with Gasteiger partial charge in [-0.15, -0.1) is 0 Å². The molecule has 1 aromatic rings. The van der Waals surface area contributed by atoms with Crippen molar-refractivity contribution < 1.29 is 0 Å². The second-order valence-corrected chi connectivity index (χ2v) is 4.12. The zero-order chi connectivity index (χ0) is 10.0.